The summed E-state index contributed by atoms with van der Waals surface area (Å²) in [5.74, 6) is 0.916. The standard InChI is InChI=1S/C15H19NO3/c17-9-13-5-3-7-16(13)15(18)12-8-11-4-1-2-6-14(11)19-10-12/h1-2,4,6,12-13,17H,3,5,7-10H2/t12?,13-/m1/s1. The topological polar surface area (TPSA) is 49.8 Å². The van der Waals surface area contributed by atoms with E-state index in [9.17, 15) is 9.90 Å². The van der Waals surface area contributed by atoms with Gasteiger partial charge in [0.1, 0.15) is 12.4 Å². The van der Waals surface area contributed by atoms with Crippen LogP contribution in [0.3, 0.4) is 0 Å². The van der Waals surface area contributed by atoms with Gasteiger partial charge in [0.25, 0.3) is 0 Å². The molecule has 1 saturated heterocycles. The zero-order chi connectivity index (χ0) is 13.2. The van der Waals surface area contributed by atoms with Gasteiger partial charge in [0.15, 0.2) is 0 Å². The van der Waals surface area contributed by atoms with Crippen LogP contribution in [0.4, 0.5) is 0 Å². The molecule has 2 heterocycles. The van der Waals surface area contributed by atoms with Crippen LogP contribution in [0.1, 0.15) is 18.4 Å². The summed E-state index contributed by atoms with van der Waals surface area (Å²) in [4.78, 5) is 14.3. The van der Waals surface area contributed by atoms with E-state index in [0.717, 1.165) is 37.1 Å². The number of aliphatic hydroxyl groups excluding tert-OH is 1. The molecule has 1 aromatic rings. The number of nitrogens with zero attached hydrogens (tertiary/aromatic N) is 1. The van der Waals surface area contributed by atoms with Gasteiger partial charge in [-0.3, -0.25) is 4.79 Å². The molecule has 1 N–H and O–H groups in total. The molecule has 4 heteroatoms. The summed E-state index contributed by atoms with van der Waals surface area (Å²) >= 11 is 0. The van der Waals surface area contributed by atoms with Gasteiger partial charge in [-0.15, -0.1) is 0 Å². The summed E-state index contributed by atoms with van der Waals surface area (Å²) in [6.07, 6.45) is 2.64. The minimum absolute atomic E-state index is 0.00432. The van der Waals surface area contributed by atoms with E-state index in [2.05, 4.69) is 0 Å². The number of aliphatic hydroxyl groups is 1. The molecule has 0 saturated carbocycles. The first-order valence-corrected chi connectivity index (χ1v) is 6.91. The van der Waals surface area contributed by atoms with Crippen molar-refractivity contribution in [3.05, 3.63) is 29.8 Å². The van der Waals surface area contributed by atoms with Crippen molar-refractivity contribution in [3.63, 3.8) is 0 Å². The number of carbonyl (C=O) groups is 1. The van der Waals surface area contributed by atoms with E-state index >= 15 is 0 Å². The highest BCUT2D eigenvalue weighted by molar-refractivity contribution is 5.80. The molecule has 0 radical (unpaired) electrons. The molecular weight excluding hydrogens is 242 g/mol. The number of para-hydroxylation sites is 1. The smallest absolute Gasteiger partial charge is 0.229 e. The number of hydrogen-bond acceptors (Lipinski definition) is 3. The Hall–Kier alpha value is -1.55. The number of ether oxygens (including phenoxy) is 1. The highest BCUT2D eigenvalue weighted by Crippen LogP contribution is 2.29. The van der Waals surface area contributed by atoms with E-state index in [1.54, 1.807) is 0 Å². The molecule has 102 valence electrons. The summed E-state index contributed by atoms with van der Waals surface area (Å²) in [5, 5.41) is 9.32. The minimum Gasteiger partial charge on any atom is -0.492 e. The van der Waals surface area contributed by atoms with E-state index in [4.69, 9.17) is 4.74 Å². The Morgan fingerprint density at radius 3 is 3.11 bits per heavy atom. The Kier molecular flexibility index (Phi) is 3.42. The van der Waals surface area contributed by atoms with Gasteiger partial charge in [-0.05, 0) is 30.9 Å². The third-order valence-electron chi connectivity index (χ3n) is 4.10. The van der Waals surface area contributed by atoms with Crippen LogP contribution < -0.4 is 4.74 Å². The molecule has 1 fully saturated rings. The monoisotopic (exact) mass is 261 g/mol. The van der Waals surface area contributed by atoms with E-state index < -0.39 is 0 Å². The second kappa shape index (κ2) is 5.21. The van der Waals surface area contributed by atoms with Gasteiger partial charge in [-0.1, -0.05) is 18.2 Å². The van der Waals surface area contributed by atoms with Crippen molar-refractivity contribution < 1.29 is 14.6 Å². The van der Waals surface area contributed by atoms with Crippen molar-refractivity contribution in [2.24, 2.45) is 5.92 Å². The average molecular weight is 261 g/mol. The van der Waals surface area contributed by atoms with Gasteiger partial charge in [0.05, 0.1) is 18.6 Å². The van der Waals surface area contributed by atoms with Gasteiger partial charge in [-0.25, -0.2) is 0 Å². The average Bonchev–Trinajstić information content (AvgIpc) is 2.94. The van der Waals surface area contributed by atoms with Crippen molar-refractivity contribution in [2.75, 3.05) is 19.8 Å². The van der Waals surface area contributed by atoms with Gasteiger partial charge in [0, 0.05) is 6.54 Å². The maximum atomic E-state index is 12.5. The Balaban J connectivity index is 1.72. The lowest BCUT2D eigenvalue weighted by Crippen LogP contribution is -2.44. The summed E-state index contributed by atoms with van der Waals surface area (Å²) in [6.45, 7) is 1.28. The van der Waals surface area contributed by atoms with Crippen molar-refractivity contribution in [1.82, 2.24) is 4.90 Å². The summed E-state index contributed by atoms with van der Waals surface area (Å²) in [6, 6.07) is 7.89. The fraction of sp³-hybridized carbons (Fsp3) is 0.533. The molecular formula is C15H19NO3. The maximum Gasteiger partial charge on any atom is 0.229 e. The second-order valence-electron chi connectivity index (χ2n) is 5.33. The molecule has 4 nitrogen and oxygen atoms in total. The fourth-order valence-electron chi connectivity index (χ4n) is 3.04. The van der Waals surface area contributed by atoms with Crippen LogP contribution >= 0.6 is 0 Å². The normalized spacial score (nSPS) is 25.8. The Bertz CT molecular complexity index is 474. The Labute approximate surface area is 113 Å². The van der Waals surface area contributed by atoms with Crippen molar-refractivity contribution in [1.29, 1.82) is 0 Å². The Morgan fingerprint density at radius 2 is 2.26 bits per heavy atom. The minimum atomic E-state index is -0.109. The fourth-order valence-corrected chi connectivity index (χ4v) is 3.04. The van der Waals surface area contributed by atoms with E-state index in [1.165, 1.54) is 0 Å². The zero-order valence-corrected chi connectivity index (χ0v) is 10.9. The molecule has 0 spiro atoms. The van der Waals surface area contributed by atoms with Crippen LogP contribution in [-0.2, 0) is 11.2 Å². The summed E-state index contributed by atoms with van der Waals surface area (Å²) in [7, 11) is 0. The van der Waals surface area contributed by atoms with Gasteiger partial charge < -0.3 is 14.7 Å². The molecule has 0 aromatic heterocycles. The molecule has 1 unspecified atom stereocenters. The Morgan fingerprint density at radius 1 is 1.42 bits per heavy atom. The molecule has 2 atom stereocenters. The number of likely N-dealkylation sites (tertiary alicyclic amines) is 1. The maximum absolute atomic E-state index is 12.5. The SMILES string of the molecule is O=C(C1COc2ccccc2C1)N1CCC[C@@H]1CO. The molecule has 0 aliphatic carbocycles. The molecule has 3 rings (SSSR count). The van der Waals surface area contributed by atoms with E-state index in [-0.39, 0.29) is 24.5 Å². The second-order valence-corrected chi connectivity index (χ2v) is 5.33. The van der Waals surface area contributed by atoms with Crippen molar-refractivity contribution in [2.45, 2.75) is 25.3 Å². The van der Waals surface area contributed by atoms with Crippen LogP contribution in [-0.4, -0.2) is 41.7 Å². The molecule has 2 aliphatic heterocycles. The summed E-state index contributed by atoms with van der Waals surface area (Å²) in [5.41, 5.74) is 1.10. The predicted molar refractivity (Wildman–Crippen MR) is 71.0 cm³/mol. The van der Waals surface area contributed by atoms with Crippen LogP contribution in [0.15, 0.2) is 24.3 Å². The zero-order valence-electron chi connectivity index (χ0n) is 10.9. The van der Waals surface area contributed by atoms with Crippen molar-refractivity contribution >= 4 is 5.91 Å². The first-order chi connectivity index (χ1) is 9.29. The number of benzene rings is 1. The first-order valence-electron chi connectivity index (χ1n) is 6.91. The van der Waals surface area contributed by atoms with Gasteiger partial charge in [0.2, 0.25) is 5.91 Å². The lowest BCUT2D eigenvalue weighted by Gasteiger charge is -2.30. The molecule has 1 aromatic carbocycles. The highest BCUT2D eigenvalue weighted by Gasteiger charge is 2.34. The number of carbonyl (C=O) groups excluding carboxylic acids is 1. The van der Waals surface area contributed by atoms with Crippen LogP contribution in [0.25, 0.3) is 0 Å². The number of fused-ring (bicyclic) bond motifs is 1. The number of hydrogen-bond donors (Lipinski definition) is 1. The quantitative estimate of drug-likeness (QED) is 0.871. The summed E-state index contributed by atoms with van der Waals surface area (Å²) < 4.78 is 5.68. The lowest BCUT2D eigenvalue weighted by atomic mass is 9.95. The third kappa shape index (κ3) is 2.32. The van der Waals surface area contributed by atoms with Crippen LogP contribution in [0.5, 0.6) is 5.75 Å². The third-order valence-corrected chi connectivity index (χ3v) is 4.10. The molecule has 2 aliphatic rings. The molecule has 0 bridgehead atoms. The lowest BCUT2D eigenvalue weighted by molar-refractivity contribution is -0.138. The number of rotatable bonds is 2. The van der Waals surface area contributed by atoms with Gasteiger partial charge in [-0.2, -0.15) is 0 Å². The van der Waals surface area contributed by atoms with Crippen LogP contribution in [0.2, 0.25) is 0 Å². The van der Waals surface area contributed by atoms with Gasteiger partial charge >= 0.3 is 0 Å². The largest absolute Gasteiger partial charge is 0.492 e. The first kappa shape index (κ1) is 12.5. The highest BCUT2D eigenvalue weighted by atomic mass is 16.5. The predicted octanol–water partition coefficient (Wildman–Crippen LogP) is 1.22. The van der Waals surface area contributed by atoms with Crippen LogP contribution in [0, 0.1) is 5.92 Å². The van der Waals surface area contributed by atoms with E-state index in [0.29, 0.717) is 6.61 Å². The van der Waals surface area contributed by atoms with Crippen molar-refractivity contribution in [3.8, 4) is 5.75 Å². The van der Waals surface area contributed by atoms with E-state index in [1.807, 2.05) is 29.2 Å². The number of amides is 1. The molecule has 19 heavy (non-hydrogen) atoms. The molecule has 1 amide bonds.